The van der Waals surface area contributed by atoms with Gasteiger partial charge >= 0.3 is 0 Å². The molecule has 2 nitrogen and oxygen atoms in total. The summed E-state index contributed by atoms with van der Waals surface area (Å²) >= 11 is 0. The standard InChI is InChI=1S/C13H24N2/c1-10(2)14-6-12-5-13(7-14)9-15(8-12)11(3)4/h11-13H,1,5-9H2,2-4H3. The Hall–Kier alpha value is -0.500. The maximum Gasteiger partial charge on any atom is 0.0215 e. The van der Waals surface area contributed by atoms with Gasteiger partial charge in [-0.05, 0) is 39.0 Å². The van der Waals surface area contributed by atoms with Gasteiger partial charge in [-0.15, -0.1) is 0 Å². The summed E-state index contributed by atoms with van der Waals surface area (Å²) in [5.74, 6) is 1.74. The van der Waals surface area contributed by atoms with E-state index in [2.05, 4.69) is 37.1 Å². The molecule has 0 aromatic heterocycles. The first-order valence-corrected chi connectivity index (χ1v) is 6.20. The zero-order valence-corrected chi connectivity index (χ0v) is 10.4. The van der Waals surface area contributed by atoms with Crippen molar-refractivity contribution in [1.29, 1.82) is 0 Å². The van der Waals surface area contributed by atoms with E-state index in [1.807, 2.05) is 0 Å². The first-order chi connectivity index (χ1) is 7.06. The maximum absolute atomic E-state index is 4.07. The summed E-state index contributed by atoms with van der Waals surface area (Å²) in [6, 6.07) is 0.715. The molecular weight excluding hydrogens is 184 g/mol. The molecule has 15 heavy (non-hydrogen) atoms. The van der Waals surface area contributed by atoms with E-state index in [0.29, 0.717) is 6.04 Å². The average molecular weight is 208 g/mol. The van der Waals surface area contributed by atoms with Crippen LogP contribution >= 0.6 is 0 Å². The molecule has 0 aromatic carbocycles. The second kappa shape index (κ2) is 4.17. The molecule has 2 heterocycles. The molecule has 2 heteroatoms. The molecule has 2 atom stereocenters. The van der Waals surface area contributed by atoms with Crippen LogP contribution in [0.1, 0.15) is 27.2 Å². The van der Waals surface area contributed by atoms with Crippen LogP contribution in [0.4, 0.5) is 0 Å². The predicted molar refractivity (Wildman–Crippen MR) is 64.7 cm³/mol. The van der Waals surface area contributed by atoms with Crippen molar-refractivity contribution < 1.29 is 0 Å². The third kappa shape index (κ3) is 2.36. The number of nitrogens with zero attached hydrogens (tertiary/aromatic N) is 2. The second-order valence-electron chi connectivity index (χ2n) is 5.66. The van der Waals surface area contributed by atoms with Gasteiger partial charge in [0, 0.05) is 37.9 Å². The van der Waals surface area contributed by atoms with Gasteiger partial charge in [0.25, 0.3) is 0 Å². The fourth-order valence-corrected chi connectivity index (χ4v) is 3.05. The van der Waals surface area contributed by atoms with Crippen molar-refractivity contribution >= 4 is 0 Å². The average Bonchev–Trinajstić information content (AvgIpc) is 2.15. The molecular formula is C13H24N2. The van der Waals surface area contributed by atoms with Gasteiger partial charge in [-0.2, -0.15) is 0 Å². The Bertz CT molecular complexity index is 233. The SMILES string of the molecule is C=C(C)N1CC2CC(C1)CN(C(C)C)C2. The Balaban J connectivity index is 1.99. The number of hydrogen-bond acceptors (Lipinski definition) is 2. The van der Waals surface area contributed by atoms with Crippen molar-refractivity contribution in [3.63, 3.8) is 0 Å². The lowest BCUT2D eigenvalue weighted by atomic mass is 9.84. The zero-order valence-electron chi connectivity index (χ0n) is 10.4. The van der Waals surface area contributed by atoms with Crippen LogP contribution in [-0.2, 0) is 0 Å². The van der Waals surface area contributed by atoms with E-state index in [1.165, 1.54) is 38.3 Å². The summed E-state index contributed by atoms with van der Waals surface area (Å²) in [6.45, 7) is 15.9. The van der Waals surface area contributed by atoms with E-state index in [1.54, 1.807) is 0 Å². The van der Waals surface area contributed by atoms with Gasteiger partial charge in [0.05, 0.1) is 0 Å². The maximum atomic E-state index is 4.07. The molecule has 0 spiro atoms. The molecule has 0 aliphatic carbocycles. The van der Waals surface area contributed by atoms with E-state index >= 15 is 0 Å². The Labute approximate surface area is 93.9 Å². The molecule has 2 aliphatic heterocycles. The van der Waals surface area contributed by atoms with Crippen LogP contribution in [0.5, 0.6) is 0 Å². The number of fused-ring (bicyclic) bond motifs is 2. The molecule has 2 aliphatic rings. The summed E-state index contributed by atoms with van der Waals surface area (Å²) in [7, 11) is 0. The normalized spacial score (nSPS) is 32.1. The molecule has 0 radical (unpaired) electrons. The van der Waals surface area contributed by atoms with Gasteiger partial charge in [0.1, 0.15) is 0 Å². The highest BCUT2D eigenvalue weighted by molar-refractivity contribution is 4.97. The Morgan fingerprint density at radius 3 is 2.07 bits per heavy atom. The quantitative estimate of drug-likeness (QED) is 0.686. The highest BCUT2D eigenvalue weighted by atomic mass is 15.2. The van der Waals surface area contributed by atoms with Gasteiger partial charge in [-0.3, -0.25) is 0 Å². The first kappa shape index (κ1) is 11.0. The molecule has 2 unspecified atom stereocenters. The highest BCUT2D eigenvalue weighted by Crippen LogP contribution is 2.30. The van der Waals surface area contributed by atoms with E-state index in [0.717, 1.165) is 11.8 Å². The smallest absolute Gasteiger partial charge is 0.0215 e. The van der Waals surface area contributed by atoms with E-state index < -0.39 is 0 Å². The van der Waals surface area contributed by atoms with Crippen LogP contribution < -0.4 is 0 Å². The molecule has 0 saturated carbocycles. The Morgan fingerprint density at radius 1 is 1.13 bits per heavy atom. The fourth-order valence-electron chi connectivity index (χ4n) is 3.05. The molecule has 86 valence electrons. The number of rotatable bonds is 2. The van der Waals surface area contributed by atoms with Gasteiger partial charge < -0.3 is 9.80 Å². The molecule has 0 amide bonds. The van der Waals surface area contributed by atoms with E-state index in [-0.39, 0.29) is 0 Å². The van der Waals surface area contributed by atoms with Crippen molar-refractivity contribution in [1.82, 2.24) is 9.80 Å². The minimum absolute atomic E-state index is 0.715. The summed E-state index contributed by atoms with van der Waals surface area (Å²) in [5, 5.41) is 0. The lowest BCUT2D eigenvalue weighted by Gasteiger charge is -2.48. The summed E-state index contributed by atoms with van der Waals surface area (Å²) in [6.07, 6.45) is 1.44. The van der Waals surface area contributed by atoms with Crippen LogP contribution in [-0.4, -0.2) is 42.0 Å². The number of piperidine rings is 2. The predicted octanol–water partition coefficient (Wildman–Crippen LogP) is 2.18. The van der Waals surface area contributed by atoms with Gasteiger partial charge in [0.15, 0.2) is 0 Å². The van der Waals surface area contributed by atoms with E-state index in [9.17, 15) is 0 Å². The van der Waals surface area contributed by atoms with Gasteiger partial charge in [-0.1, -0.05) is 6.58 Å². The monoisotopic (exact) mass is 208 g/mol. The summed E-state index contributed by atoms with van der Waals surface area (Å²) in [5.41, 5.74) is 1.25. The largest absolute Gasteiger partial charge is 0.375 e. The van der Waals surface area contributed by atoms with Crippen LogP contribution in [0.15, 0.2) is 12.3 Å². The van der Waals surface area contributed by atoms with Gasteiger partial charge in [0.2, 0.25) is 0 Å². The molecule has 2 bridgehead atoms. The number of allylic oxidation sites excluding steroid dienone is 1. The van der Waals surface area contributed by atoms with Crippen LogP contribution in [0.2, 0.25) is 0 Å². The van der Waals surface area contributed by atoms with Crippen molar-refractivity contribution in [3.05, 3.63) is 12.3 Å². The Kier molecular flexibility index (Phi) is 3.06. The summed E-state index contributed by atoms with van der Waals surface area (Å²) in [4.78, 5) is 5.13. The fraction of sp³-hybridized carbons (Fsp3) is 0.846. The van der Waals surface area contributed by atoms with Gasteiger partial charge in [-0.25, -0.2) is 0 Å². The van der Waals surface area contributed by atoms with Crippen molar-refractivity contribution in [2.75, 3.05) is 26.2 Å². The van der Waals surface area contributed by atoms with Crippen LogP contribution in [0.25, 0.3) is 0 Å². The number of likely N-dealkylation sites (tertiary alicyclic amines) is 2. The molecule has 0 N–H and O–H groups in total. The van der Waals surface area contributed by atoms with Crippen LogP contribution in [0.3, 0.4) is 0 Å². The molecule has 2 fully saturated rings. The van der Waals surface area contributed by atoms with Crippen molar-refractivity contribution in [2.45, 2.75) is 33.2 Å². The minimum Gasteiger partial charge on any atom is -0.375 e. The zero-order chi connectivity index (χ0) is 11.0. The number of hydrogen-bond donors (Lipinski definition) is 0. The summed E-state index contributed by atoms with van der Waals surface area (Å²) < 4.78 is 0. The third-order valence-corrected chi connectivity index (χ3v) is 3.88. The third-order valence-electron chi connectivity index (χ3n) is 3.88. The van der Waals surface area contributed by atoms with Crippen LogP contribution in [0, 0.1) is 11.8 Å². The topological polar surface area (TPSA) is 6.48 Å². The molecule has 2 saturated heterocycles. The Morgan fingerprint density at radius 2 is 1.67 bits per heavy atom. The highest BCUT2D eigenvalue weighted by Gasteiger charge is 2.34. The lowest BCUT2D eigenvalue weighted by Crippen LogP contribution is -2.53. The first-order valence-electron chi connectivity index (χ1n) is 6.20. The van der Waals surface area contributed by atoms with Crippen molar-refractivity contribution in [3.8, 4) is 0 Å². The van der Waals surface area contributed by atoms with Crippen molar-refractivity contribution in [2.24, 2.45) is 11.8 Å². The minimum atomic E-state index is 0.715. The van der Waals surface area contributed by atoms with E-state index in [4.69, 9.17) is 0 Å². The lowest BCUT2D eigenvalue weighted by molar-refractivity contribution is 0.0309. The molecule has 0 aromatic rings. The second-order valence-corrected chi connectivity index (χ2v) is 5.66. The molecule has 2 rings (SSSR count).